The number of nitrogens with two attached hydrogens (primary N) is 1. The molecule has 0 aliphatic heterocycles. The van der Waals surface area contributed by atoms with Gasteiger partial charge in [0.15, 0.2) is 0 Å². The quantitative estimate of drug-likeness (QED) is 0.583. The SMILES string of the molecule is N#Cc1ccc(C(=O)N(Cc2ccc(NC(=O)c3cccnc3)cc2)C2CCCCC2N)cc1. The average molecular weight is 454 g/mol. The summed E-state index contributed by atoms with van der Waals surface area (Å²) < 4.78 is 0. The molecule has 7 heteroatoms. The number of nitrogens with one attached hydrogen (secondary N) is 1. The zero-order chi connectivity index (χ0) is 23.9. The van der Waals surface area contributed by atoms with Crippen LogP contribution >= 0.6 is 0 Å². The molecule has 0 spiro atoms. The Morgan fingerprint density at radius 3 is 2.41 bits per heavy atom. The summed E-state index contributed by atoms with van der Waals surface area (Å²) in [6.07, 6.45) is 7.00. The molecule has 1 saturated carbocycles. The largest absolute Gasteiger partial charge is 0.330 e. The number of carbonyl (C=O) groups is 2. The lowest BCUT2D eigenvalue weighted by Gasteiger charge is -2.38. The zero-order valence-electron chi connectivity index (χ0n) is 18.9. The molecular formula is C27H27N5O2. The van der Waals surface area contributed by atoms with Crippen molar-refractivity contribution in [3.8, 4) is 6.07 Å². The summed E-state index contributed by atoms with van der Waals surface area (Å²) in [5, 5.41) is 11.9. The van der Waals surface area contributed by atoms with Crippen molar-refractivity contribution in [3.05, 3.63) is 95.3 Å². The summed E-state index contributed by atoms with van der Waals surface area (Å²) in [5.41, 5.74) is 9.58. The summed E-state index contributed by atoms with van der Waals surface area (Å²) in [6, 6.07) is 19.6. The lowest BCUT2D eigenvalue weighted by Crippen LogP contribution is -2.51. The molecule has 1 aliphatic carbocycles. The second-order valence-electron chi connectivity index (χ2n) is 8.53. The third-order valence-corrected chi connectivity index (χ3v) is 6.19. The summed E-state index contributed by atoms with van der Waals surface area (Å²) in [5.74, 6) is -0.326. The van der Waals surface area contributed by atoms with E-state index >= 15 is 0 Å². The first-order valence-corrected chi connectivity index (χ1v) is 11.4. The fourth-order valence-electron chi connectivity index (χ4n) is 4.31. The molecule has 2 aromatic carbocycles. The van der Waals surface area contributed by atoms with Gasteiger partial charge in [0.1, 0.15) is 0 Å². The molecule has 0 saturated heterocycles. The molecule has 0 bridgehead atoms. The number of hydrogen-bond acceptors (Lipinski definition) is 5. The Hall–Kier alpha value is -4.02. The highest BCUT2D eigenvalue weighted by atomic mass is 16.2. The van der Waals surface area contributed by atoms with Crippen molar-refractivity contribution in [2.24, 2.45) is 5.73 Å². The minimum absolute atomic E-state index is 0.0538. The van der Waals surface area contributed by atoms with Crippen molar-refractivity contribution in [1.29, 1.82) is 5.26 Å². The van der Waals surface area contributed by atoms with Crippen molar-refractivity contribution < 1.29 is 9.59 Å². The molecule has 4 rings (SSSR count). The Bertz CT molecular complexity index is 1170. The van der Waals surface area contributed by atoms with Gasteiger partial charge in [0.2, 0.25) is 0 Å². The highest BCUT2D eigenvalue weighted by Crippen LogP contribution is 2.26. The number of benzene rings is 2. The van der Waals surface area contributed by atoms with Gasteiger partial charge in [-0.15, -0.1) is 0 Å². The number of hydrogen-bond donors (Lipinski definition) is 2. The lowest BCUT2D eigenvalue weighted by molar-refractivity contribution is 0.0583. The molecule has 1 heterocycles. The average Bonchev–Trinajstić information content (AvgIpc) is 2.89. The predicted molar refractivity (Wildman–Crippen MR) is 130 cm³/mol. The normalized spacial score (nSPS) is 17.4. The van der Waals surface area contributed by atoms with Crippen LogP contribution in [0.4, 0.5) is 5.69 Å². The van der Waals surface area contributed by atoms with Crippen LogP contribution in [0.2, 0.25) is 0 Å². The van der Waals surface area contributed by atoms with E-state index in [4.69, 9.17) is 11.0 Å². The van der Waals surface area contributed by atoms with Crippen molar-refractivity contribution in [1.82, 2.24) is 9.88 Å². The first-order chi connectivity index (χ1) is 16.5. The van der Waals surface area contributed by atoms with Crippen LogP contribution in [-0.4, -0.2) is 33.8 Å². The number of amides is 2. The maximum Gasteiger partial charge on any atom is 0.257 e. The molecule has 0 radical (unpaired) electrons. The van der Waals surface area contributed by atoms with Gasteiger partial charge >= 0.3 is 0 Å². The van der Waals surface area contributed by atoms with Crippen molar-refractivity contribution in [2.75, 3.05) is 5.32 Å². The van der Waals surface area contributed by atoms with Crippen LogP contribution in [-0.2, 0) is 6.54 Å². The van der Waals surface area contributed by atoms with Gasteiger partial charge in [-0.1, -0.05) is 25.0 Å². The number of anilines is 1. The standard InChI is InChI=1S/C27H27N5O2/c28-16-19-7-11-21(12-8-19)27(34)32(25-6-2-1-5-24(25)29)18-20-9-13-23(14-10-20)31-26(33)22-4-3-15-30-17-22/h3-4,7-15,17,24-25H,1-2,5-6,18,29H2,(H,31,33). The van der Waals surface area contributed by atoms with Gasteiger partial charge in [-0.3, -0.25) is 14.6 Å². The molecule has 172 valence electrons. The van der Waals surface area contributed by atoms with E-state index in [2.05, 4.69) is 16.4 Å². The van der Waals surface area contributed by atoms with E-state index in [1.165, 1.54) is 6.20 Å². The highest BCUT2D eigenvalue weighted by molar-refractivity contribution is 6.04. The molecule has 1 fully saturated rings. The lowest BCUT2D eigenvalue weighted by atomic mass is 9.89. The molecule has 3 aromatic rings. The number of nitrogens with zero attached hydrogens (tertiary/aromatic N) is 3. The van der Waals surface area contributed by atoms with Gasteiger partial charge in [-0.25, -0.2) is 0 Å². The predicted octanol–water partition coefficient (Wildman–Crippen LogP) is 4.12. The van der Waals surface area contributed by atoms with E-state index in [-0.39, 0.29) is 23.9 Å². The Balaban J connectivity index is 1.52. The fourth-order valence-corrected chi connectivity index (χ4v) is 4.31. The molecule has 2 amide bonds. The van der Waals surface area contributed by atoms with Crippen molar-refractivity contribution in [3.63, 3.8) is 0 Å². The van der Waals surface area contributed by atoms with Crippen LogP contribution in [0.3, 0.4) is 0 Å². The summed E-state index contributed by atoms with van der Waals surface area (Å²) in [4.78, 5) is 31.7. The fraction of sp³-hybridized carbons (Fsp3) is 0.259. The Labute approximate surface area is 199 Å². The minimum atomic E-state index is -0.230. The van der Waals surface area contributed by atoms with Gasteiger partial charge in [-0.05, 0) is 66.9 Å². The Kier molecular flexibility index (Phi) is 7.31. The van der Waals surface area contributed by atoms with Crippen LogP contribution < -0.4 is 11.1 Å². The number of pyridine rings is 1. The molecule has 3 N–H and O–H groups in total. The van der Waals surface area contributed by atoms with Crippen LogP contribution in [0.25, 0.3) is 0 Å². The number of nitriles is 1. The molecule has 2 atom stereocenters. The van der Waals surface area contributed by atoms with E-state index in [9.17, 15) is 9.59 Å². The Morgan fingerprint density at radius 2 is 1.76 bits per heavy atom. The minimum Gasteiger partial charge on any atom is -0.330 e. The molecule has 2 unspecified atom stereocenters. The van der Waals surface area contributed by atoms with E-state index in [1.807, 2.05) is 29.2 Å². The third kappa shape index (κ3) is 5.48. The van der Waals surface area contributed by atoms with E-state index in [1.54, 1.807) is 42.6 Å². The monoisotopic (exact) mass is 453 g/mol. The first kappa shape index (κ1) is 23.1. The molecule has 1 aliphatic rings. The molecule has 34 heavy (non-hydrogen) atoms. The number of rotatable bonds is 6. The molecular weight excluding hydrogens is 426 g/mol. The van der Waals surface area contributed by atoms with Crippen LogP contribution in [0.5, 0.6) is 0 Å². The smallest absolute Gasteiger partial charge is 0.257 e. The van der Waals surface area contributed by atoms with E-state index < -0.39 is 0 Å². The molecule has 7 nitrogen and oxygen atoms in total. The van der Waals surface area contributed by atoms with Crippen molar-refractivity contribution >= 4 is 17.5 Å². The van der Waals surface area contributed by atoms with Gasteiger partial charge in [0.05, 0.1) is 17.2 Å². The van der Waals surface area contributed by atoms with E-state index in [0.29, 0.717) is 28.9 Å². The topological polar surface area (TPSA) is 112 Å². The summed E-state index contributed by atoms with van der Waals surface area (Å²) in [6.45, 7) is 0.411. The maximum atomic E-state index is 13.5. The van der Waals surface area contributed by atoms with Crippen LogP contribution in [0, 0.1) is 11.3 Å². The van der Waals surface area contributed by atoms with Gasteiger partial charge in [-0.2, -0.15) is 5.26 Å². The maximum absolute atomic E-state index is 13.5. The Morgan fingerprint density at radius 1 is 1.03 bits per heavy atom. The second-order valence-corrected chi connectivity index (χ2v) is 8.53. The van der Waals surface area contributed by atoms with Crippen molar-refractivity contribution in [2.45, 2.75) is 44.3 Å². The van der Waals surface area contributed by atoms with E-state index in [0.717, 1.165) is 31.2 Å². The molecule has 1 aromatic heterocycles. The van der Waals surface area contributed by atoms with Gasteiger partial charge in [0, 0.05) is 42.3 Å². The number of carbonyl (C=O) groups excluding carboxylic acids is 2. The third-order valence-electron chi connectivity index (χ3n) is 6.19. The van der Waals surface area contributed by atoms with Crippen LogP contribution in [0.15, 0.2) is 73.1 Å². The second kappa shape index (κ2) is 10.7. The first-order valence-electron chi connectivity index (χ1n) is 11.4. The van der Waals surface area contributed by atoms with Gasteiger partial charge < -0.3 is 16.0 Å². The van der Waals surface area contributed by atoms with Gasteiger partial charge in [0.25, 0.3) is 11.8 Å². The van der Waals surface area contributed by atoms with Crippen LogP contribution in [0.1, 0.15) is 57.5 Å². The summed E-state index contributed by atoms with van der Waals surface area (Å²) >= 11 is 0. The highest BCUT2D eigenvalue weighted by Gasteiger charge is 2.31. The zero-order valence-corrected chi connectivity index (χ0v) is 18.9. The number of aromatic nitrogens is 1. The summed E-state index contributed by atoms with van der Waals surface area (Å²) in [7, 11) is 0.